The van der Waals surface area contributed by atoms with Gasteiger partial charge in [0.05, 0.1) is 18.2 Å². The van der Waals surface area contributed by atoms with Crippen molar-refractivity contribution in [2.24, 2.45) is 0 Å². The minimum absolute atomic E-state index is 0.153. The predicted octanol–water partition coefficient (Wildman–Crippen LogP) is 4.85. The molecule has 0 atom stereocenters. The summed E-state index contributed by atoms with van der Waals surface area (Å²) in [6.45, 7) is 3.47. The van der Waals surface area contributed by atoms with Crippen molar-refractivity contribution in [1.82, 2.24) is 0 Å². The molecular formula is C22H19Cl2NO6. The van der Waals surface area contributed by atoms with E-state index in [-0.39, 0.29) is 34.5 Å². The Morgan fingerprint density at radius 3 is 2.39 bits per heavy atom. The minimum atomic E-state index is -0.725. The third-order valence-corrected chi connectivity index (χ3v) is 4.19. The Morgan fingerprint density at radius 1 is 1.00 bits per heavy atom. The van der Waals surface area contributed by atoms with Gasteiger partial charge in [-0.25, -0.2) is 9.59 Å². The van der Waals surface area contributed by atoms with Crippen LogP contribution in [0.15, 0.2) is 42.0 Å². The summed E-state index contributed by atoms with van der Waals surface area (Å²) in [5.74, 6) is -0.702. The average Bonchev–Trinajstić information content (AvgIpc) is 2.73. The van der Waals surface area contributed by atoms with E-state index < -0.39 is 18.5 Å². The number of benzene rings is 2. The lowest BCUT2D eigenvalue weighted by Gasteiger charge is -2.12. The van der Waals surface area contributed by atoms with E-state index in [9.17, 15) is 9.59 Å². The molecule has 0 saturated carbocycles. The van der Waals surface area contributed by atoms with Gasteiger partial charge in [-0.3, -0.25) is 0 Å². The van der Waals surface area contributed by atoms with E-state index in [4.69, 9.17) is 47.4 Å². The Bertz CT molecular complexity index is 1030. The highest BCUT2D eigenvalue weighted by Gasteiger charge is 2.15. The standard InChI is InChI=1S/C22H19Cl2NO6/c1-3-28-20-10-14(9-15(12-25)22(27)29-4-2)5-7-19(20)31-21(26)13-30-18-8-6-16(23)11-17(18)24/h5-11H,3-4,13H2,1-2H3/b15-9+. The summed E-state index contributed by atoms with van der Waals surface area (Å²) in [6.07, 6.45) is 1.36. The van der Waals surface area contributed by atoms with Crippen LogP contribution in [0.1, 0.15) is 19.4 Å². The van der Waals surface area contributed by atoms with Crippen LogP contribution in [-0.4, -0.2) is 31.8 Å². The molecule has 7 nitrogen and oxygen atoms in total. The van der Waals surface area contributed by atoms with Crippen LogP contribution < -0.4 is 14.2 Å². The van der Waals surface area contributed by atoms with Crippen molar-refractivity contribution >= 4 is 41.2 Å². The monoisotopic (exact) mass is 463 g/mol. The average molecular weight is 464 g/mol. The van der Waals surface area contributed by atoms with E-state index >= 15 is 0 Å². The van der Waals surface area contributed by atoms with Gasteiger partial charge in [-0.1, -0.05) is 29.3 Å². The fourth-order valence-electron chi connectivity index (χ4n) is 2.36. The number of esters is 2. The van der Waals surface area contributed by atoms with Gasteiger partial charge in [0.1, 0.15) is 17.4 Å². The molecule has 0 aromatic heterocycles. The molecule has 0 heterocycles. The molecule has 0 saturated heterocycles. The van der Waals surface area contributed by atoms with Gasteiger partial charge in [-0.15, -0.1) is 0 Å². The van der Waals surface area contributed by atoms with Crippen molar-refractivity contribution in [1.29, 1.82) is 5.26 Å². The molecule has 0 fully saturated rings. The van der Waals surface area contributed by atoms with Crippen molar-refractivity contribution in [2.75, 3.05) is 19.8 Å². The first-order chi connectivity index (χ1) is 14.9. The first-order valence-electron chi connectivity index (χ1n) is 9.22. The van der Waals surface area contributed by atoms with E-state index in [1.165, 1.54) is 18.2 Å². The van der Waals surface area contributed by atoms with Crippen LogP contribution in [0.3, 0.4) is 0 Å². The number of rotatable bonds is 9. The smallest absolute Gasteiger partial charge is 0.349 e. The summed E-state index contributed by atoms with van der Waals surface area (Å²) in [5.41, 5.74) is 0.333. The Hall–Kier alpha value is -3.21. The molecular weight excluding hydrogens is 445 g/mol. The van der Waals surface area contributed by atoms with Gasteiger partial charge in [0, 0.05) is 5.02 Å². The van der Waals surface area contributed by atoms with E-state index in [1.807, 2.05) is 0 Å². The molecule has 0 spiro atoms. The van der Waals surface area contributed by atoms with Crippen LogP contribution in [0.5, 0.6) is 17.2 Å². The van der Waals surface area contributed by atoms with E-state index in [1.54, 1.807) is 44.2 Å². The first kappa shape index (κ1) is 24.1. The number of carbonyl (C=O) groups excluding carboxylic acids is 2. The molecule has 0 aliphatic carbocycles. The Morgan fingerprint density at radius 2 is 1.74 bits per heavy atom. The molecule has 31 heavy (non-hydrogen) atoms. The summed E-state index contributed by atoms with van der Waals surface area (Å²) in [4.78, 5) is 24.0. The molecule has 2 aromatic carbocycles. The maximum absolute atomic E-state index is 12.2. The molecule has 0 N–H and O–H groups in total. The highest BCUT2D eigenvalue weighted by Crippen LogP contribution is 2.30. The van der Waals surface area contributed by atoms with Gasteiger partial charge in [-0.2, -0.15) is 5.26 Å². The second kappa shape index (κ2) is 11.8. The molecule has 162 valence electrons. The highest BCUT2D eigenvalue weighted by molar-refractivity contribution is 6.35. The van der Waals surface area contributed by atoms with Gasteiger partial charge in [0.25, 0.3) is 0 Å². The predicted molar refractivity (Wildman–Crippen MR) is 115 cm³/mol. The molecule has 2 rings (SSSR count). The van der Waals surface area contributed by atoms with Crippen LogP contribution in [0.4, 0.5) is 0 Å². The van der Waals surface area contributed by atoms with Gasteiger partial charge in [0.15, 0.2) is 18.1 Å². The number of ether oxygens (including phenoxy) is 4. The van der Waals surface area contributed by atoms with Crippen molar-refractivity contribution in [3.63, 3.8) is 0 Å². The van der Waals surface area contributed by atoms with Crippen molar-refractivity contribution < 1.29 is 28.5 Å². The second-order valence-corrected chi connectivity index (χ2v) is 6.71. The van der Waals surface area contributed by atoms with E-state index in [0.29, 0.717) is 17.2 Å². The second-order valence-electron chi connectivity index (χ2n) is 5.87. The van der Waals surface area contributed by atoms with Crippen molar-refractivity contribution in [3.05, 3.63) is 57.6 Å². The number of hydrogen-bond donors (Lipinski definition) is 0. The molecule has 0 amide bonds. The summed E-state index contributed by atoms with van der Waals surface area (Å²) in [6, 6.07) is 11.0. The van der Waals surface area contributed by atoms with Crippen LogP contribution in [-0.2, 0) is 14.3 Å². The molecule has 0 bridgehead atoms. The number of halogens is 2. The third kappa shape index (κ3) is 7.21. The number of carbonyl (C=O) groups is 2. The molecule has 0 aliphatic rings. The topological polar surface area (TPSA) is 94.9 Å². The normalized spacial score (nSPS) is 10.7. The summed E-state index contributed by atoms with van der Waals surface area (Å²) in [5, 5.41) is 9.88. The fraction of sp³-hybridized carbons (Fsp3) is 0.227. The Labute approximate surface area is 189 Å². The maximum Gasteiger partial charge on any atom is 0.349 e. The fourth-order valence-corrected chi connectivity index (χ4v) is 2.82. The Balaban J connectivity index is 2.14. The largest absolute Gasteiger partial charge is 0.490 e. The summed E-state index contributed by atoms with van der Waals surface area (Å²) < 4.78 is 21.0. The van der Waals surface area contributed by atoms with Crippen LogP contribution in [0.25, 0.3) is 6.08 Å². The zero-order valence-electron chi connectivity index (χ0n) is 16.8. The molecule has 2 aromatic rings. The molecule has 0 radical (unpaired) electrons. The van der Waals surface area contributed by atoms with Gasteiger partial charge < -0.3 is 18.9 Å². The summed E-state index contributed by atoms with van der Waals surface area (Å²) in [7, 11) is 0. The quantitative estimate of drug-likeness (QED) is 0.227. The molecule has 9 heteroatoms. The van der Waals surface area contributed by atoms with Crippen molar-refractivity contribution in [3.8, 4) is 23.3 Å². The van der Waals surface area contributed by atoms with Gasteiger partial charge in [0.2, 0.25) is 0 Å². The number of hydrogen-bond acceptors (Lipinski definition) is 7. The summed E-state index contributed by atoms with van der Waals surface area (Å²) >= 11 is 11.8. The third-order valence-electron chi connectivity index (χ3n) is 3.66. The zero-order valence-corrected chi connectivity index (χ0v) is 18.3. The number of nitriles is 1. The maximum atomic E-state index is 12.2. The van der Waals surface area contributed by atoms with Gasteiger partial charge in [-0.05, 0) is 55.8 Å². The highest BCUT2D eigenvalue weighted by atomic mass is 35.5. The van der Waals surface area contributed by atoms with Crippen molar-refractivity contribution in [2.45, 2.75) is 13.8 Å². The lowest BCUT2D eigenvalue weighted by Crippen LogP contribution is -2.18. The number of nitrogens with zero attached hydrogens (tertiary/aromatic N) is 1. The van der Waals surface area contributed by atoms with Crippen LogP contribution in [0, 0.1) is 11.3 Å². The van der Waals surface area contributed by atoms with Gasteiger partial charge >= 0.3 is 11.9 Å². The SMILES string of the molecule is CCOC(=O)/C(C#N)=C/c1ccc(OC(=O)COc2ccc(Cl)cc2Cl)c(OCC)c1. The molecule has 0 unspecified atom stereocenters. The zero-order chi connectivity index (χ0) is 22.8. The van der Waals surface area contributed by atoms with Crippen LogP contribution in [0.2, 0.25) is 10.0 Å². The lowest BCUT2D eigenvalue weighted by molar-refractivity contribution is -0.138. The van der Waals surface area contributed by atoms with Crippen LogP contribution >= 0.6 is 23.2 Å². The van der Waals surface area contributed by atoms with E-state index in [0.717, 1.165) is 0 Å². The minimum Gasteiger partial charge on any atom is -0.490 e. The Kier molecular flexibility index (Phi) is 9.19. The first-order valence-corrected chi connectivity index (χ1v) is 9.97. The lowest BCUT2D eigenvalue weighted by atomic mass is 10.1. The molecule has 0 aliphatic heterocycles. The van der Waals surface area contributed by atoms with E-state index in [2.05, 4.69) is 0 Å².